The van der Waals surface area contributed by atoms with Gasteiger partial charge in [0.2, 0.25) is 5.91 Å². The lowest BCUT2D eigenvalue weighted by atomic mass is 9.34. The van der Waals surface area contributed by atoms with Gasteiger partial charge in [0, 0.05) is 44.1 Å². The van der Waals surface area contributed by atoms with Crippen molar-refractivity contribution in [3.63, 3.8) is 0 Å². The van der Waals surface area contributed by atoms with Crippen molar-refractivity contribution in [3.05, 3.63) is 34.4 Å². The highest BCUT2D eigenvalue weighted by Crippen LogP contribution is 2.75. The number of ketones is 1. The second-order valence-electron chi connectivity index (χ2n) is 19.7. The van der Waals surface area contributed by atoms with Gasteiger partial charge in [-0.15, -0.1) is 0 Å². The Morgan fingerprint density at radius 3 is 2.38 bits per heavy atom. The molecule has 1 amide bonds. The molecule has 0 bridgehead atoms. The van der Waals surface area contributed by atoms with E-state index in [4.69, 9.17) is 10.5 Å². The van der Waals surface area contributed by atoms with Gasteiger partial charge in [-0.25, -0.2) is 0 Å². The van der Waals surface area contributed by atoms with Gasteiger partial charge in [0.05, 0.1) is 24.5 Å². The predicted molar refractivity (Wildman–Crippen MR) is 204 cm³/mol. The zero-order chi connectivity index (χ0) is 37.4. The van der Waals surface area contributed by atoms with E-state index in [-0.39, 0.29) is 57.1 Å². The SMILES string of the molecule is CC(C)C1=C2[C@H]3CC[C@@H]4[C@@]5(C)CC=C(C6=CCC(C(=O)O)CC6)C(C)(C)C(N)C5CC[C@@]4(C)[C@]3(C)CC[C@@]2(C(=O)NCCN2CCOCC2)CC1=O. The lowest BCUT2D eigenvalue weighted by Crippen LogP contribution is -2.65. The average Bonchev–Trinajstić information content (AvgIpc) is 3.38. The molecular formula is C44H67N3O5. The number of nitrogens with one attached hydrogen (secondary N) is 1. The van der Waals surface area contributed by atoms with Crippen LogP contribution in [0.15, 0.2) is 34.4 Å². The summed E-state index contributed by atoms with van der Waals surface area (Å²) in [6.07, 6.45) is 14.1. The maximum atomic E-state index is 14.5. The molecule has 4 N–H and O–H groups in total. The quantitative estimate of drug-likeness (QED) is 0.257. The number of carbonyl (C=O) groups excluding carboxylic acids is 2. The van der Waals surface area contributed by atoms with E-state index in [9.17, 15) is 19.5 Å². The summed E-state index contributed by atoms with van der Waals surface area (Å²) in [6, 6.07) is 0.00213. The molecule has 1 heterocycles. The minimum atomic E-state index is -0.726. The Labute approximate surface area is 312 Å². The molecule has 9 atom stereocenters. The Bertz CT molecular complexity index is 1570. The first-order valence-electron chi connectivity index (χ1n) is 20.8. The van der Waals surface area contributed by atoms with E-state index in [2.05, 4.69) is 70.8 Å². The second kappa shape index (κ2) is 13.5. The number of carboxylic acids is 1. The third kappa shape index (κ3) is 5.65. The lowest BCUT2D eigenvalue weighted by molar-refractivity contribution is -0.189. The van der Waals surface area contributed by atoms with Gasteiger partial charge >= 0.3 is 5.97 Å². The van der Waals surface area contributed by atoms with Crippen LogP contribution in [0.5, 0.6) is 0 Å². The van der Waals surface area contributed by atoms with Crippen LogP contribution in [0.1, 0.15) is 119 Å². The molecule has 0 aromatic heterocycles. The first-order valence-corrected chi connectivity index (χ1v) is 20.8. The number of amides is 1. The Balaban J connectivity index is 1.20. The van der Waals surface area contributed by atoms with Crippen LogP contribution in [0.25, 0.3) is 0 Å². The topological polar surface area (TPSA) is 122 Å². The summed E-state index contributed by atoms with van der Waals surface area (Å²) in [4.78, 5) is 42.6. The van der Waals surface area contributed by atoms with E-state index in [1.165, 1.54) is 16.7 Å². The van der Waals surface area contributed by atoms with Crippen molar-refractivity contribution in [3.8, 4) is 0 Å². The summed E-state index contributed by atoms with van der Waals surface area (Å²) in [5, 5.41) is 13.0. The van der Waals surface area contributed by atoms with E-state index in [0.717, 1.165) is 89.8 Å². The molecule has 52 heavy (non-hydrogen) atoms. The number of aliphatic carboxylic acids is 1. The number of carbonyl (C=O) groups is 3. The van der Waals surface area contributed by atoms with E-state index >= 15 is 0 Å². The van der Waals surface area contributed by atoms with Crippen molar-refractivity contribution in [1.29, 1.82) is 0 Å². The normalized spacial score (nSPS) is 41.9. The highest BCUT2D eigenvalue weighted by atomic mass is 16.5. The Morgan fingerprint density at radius 2 is 1.73 bits per heavy atom. The largest absolute Gasteiger partial charge is 0.481 e. The number of morpholine rings is 1. The molecule has 3 saturated carbocycles. The maximum Gasteiger partial charge on any atom is 0.306 e. The number of nitrogens with zero attached hydrogens (tertiary/aromatic N) is 1. The number of fused-ring (bicyclic) bond motifs is 7. The zero-order valence-electron chi connectivity index (χ0n) is 33.2. The fourth-order valence-corrected chi connectivity index (χ4v) is 13.6. The molecule has 1 saturated heterocycles. The van der Waals surface area contributed by atoms with Crippen molar-refractivity contribution in [2.24, 2.45) is 62.4 Å². The molecule has 4 fully saturated rings. The molecule has 3 unspecified atom stereocenters. The number of hydrogen-bond donors (Lipinski definition) is 3. The van der Waals surface area contributed by atoms with Gasteiger partial charge in [-0.2, -0.15) is 0 Å². The van der Waals surface area contributed by atoms with Crippen molar-refractivity contribution in [1.82, 2.24) is 10.2 Å². The number of ether oxygens (including phenoxy) is 1. The first-order chi connectivity index (χ1) is 24.5. The molecule has 0 aromatic rings. The zero-order valence-corrected chi connectivity index (χ0v) is 33.2. The molecule has 0 spiro atoms. The fourth-order valence-electron chi connectivity index (χ4n) is 13.6. The predicted octanol–water partition coefficient (Wildman–Crippen LogP) is 7.09. The Hall–Kier alpha value is -2.29. The van der Waals surface area contributed by atoms with Crippen molar-refractivity contribution >= 4 is 17.7 Å². The van der Waals surface area contributed by atoms with Gasteiger partial charge in [0.15, 0.2) is 5.78 Å². The van der Waals surface area contributed by atoms with Crippen LogP contribution in [0, 0.1) is 56.7 Å². The highest BCUT2D eigenvalue weighted by Gasteiger charge is 2.70. The molecule has 7 aliphatic rings. The third-order valence-electron chi connectivity index (χ3n) is 16.8. The number of Topliss-reactive ketones (excluding diaryl/α,β-unsaturated/α-hetero) is 1. The third-order valence-corrected chi connectivity index (χ3v) is 16.8. The van der Waals surface area contributed by atoms with Crippen LogP contribution >= 0.6 is 0 Å². The summed E-state index contributed by atoms with van der Waals surface area (Å²) in [5.74, 6) is 0.456. The number of allylic oxidation sites excluding steroid dienone is 4. The van der Waals surface area contributed by atoms with Gasteiger partial charge in [-0.3, -0.25) is 19.3 Å². The lowest BCUT2D eigenvalue weighted by Gasteiger charge is -2.70. The van der Waals surface area contributed by atoms with Crippen LogP contribution in [0.2, 0.25) is 0 Å². The number of rotatable bonds is 7. The smallest absolute Gasteiger partial charge is 0.306 e. The van der Waals surface area contributed by atoms with Gasteiger partial charge in [-0.05, 0) is 126 Å². The Kier molecular flexibility index (Phi) is 9.85. The van der Waals surface area contributed by atoms with Crippen LogP contribution in [0.3, 0.4) is 0 Å². The van der Waals surface area contributed by atoms with E-state index in [1.807, 2.05) is 0 Å². The van der Waals surface area contributed by atoms with Crippen LogP contribution in [-0.4, -0.2) is 73.1 Å². The number of nitrogens with two attached hydrogens (primary N) is 1. The molecular weight excluding hydrogens is 651 g/mol. The monoisotopic (exact) mass is 718 g/mol. The summed E-state index contributed by atoms with van der Waals surface area (Å²) >= 11 is 0. The molecule has 288 valence electrons. The van der Waals surface area contributed by atoms with Crippen LogP contribution in [0.4, 0.5) is 0 Å². The van der Waals surface area contributed by atoms with Crippen molar-refractivity contribution in [2.75, 3.05) is 39.4 Å². The van der Waals surface area contributed by atoms with E-state index in [0.29, 0.717) is 37.6 Å². The summed E-state index contributed by atoms with van der Waals surface area (Å²) in [6.45, 7) is 21.3. The van der Waals surface area contributed by atoms with Gasteiger partial charge in [0.1, 0.15) is 0 Å². The maximum absolute atomic E-state index is 14.5. The fraction of sp³-hybridized carbons (Fsp3) is 0.795. The Morgan fingerprint density at radius 1 is 1.00 bits per heavy atom. The average molecular weight is 718 g/mol. The summed E-state index contributed by atoms with van der Waals surface area (Å²) in [7, 11) is 0. The van der Waals surface area contributed by atoms with E-state index in [1.54, 1.807) is 0 Å². The number of hydrogen-bond acceptors (Lipinski definition) is 6. The van der Waals surface area contributed by atoms with Gasteiger partial charge in [-0.1, -0.05) is 60.6 Å². The summed E-state index contributed by atoms with van der Waals surface area (Å²) in [5.41, 5.74) is 11.4. The van der Waals surface area contributed by atoms with Gasteiger partial charge in [0.25, 0.3) is 0 Å². The standard InChI is InChI=1S/C44H67N3O5/c1-27(2)35-33(48)26-44(39(51)46-20-21-47-22-24-52-25-23-47)19-18-42(6)31(36(35)44)12-13-34-41(5)16-14-30(28-8-10-29(11-9-28)38(49)50)40(3,4)37(45)32(41)15-17-43(34,42)7/h8,14,27,29,31-32,34,37H,9-13,15-26,45H2,1-7H3,(H,46,51)(H,49,50)/t29?,31-,32?,34-,37?,41+,42-,43-,44-/m1/s1. The van der Waals surface area contributed by atoms with E-state index < -0.39 is 11.4 Å². The summed E-state index contributed by atoms with van der Waals surface area (Å²) < 4.78 is 5.52. The van der Waals surface area contributed by atoms with Gasteiger partial charge < -0.3 is 20.9 Å². The molecule has 0 radical (unpaired) electrons. The number of carboxylic acid groups (broad SMARTS) is 1. The molecule has 7 rings (SSSR count). The van der Waals surface area contributed by atoms with Crippen molar-refractivity contribution in [2.45, 2.75) is 125 Å². The molecule has 0 aromatic carbocycles. The molecule has 8 nitrogen and oxygen atoms in total. The molecule has 8 heteroatoms. The highest BCUT2D eigenvalue weighted by molar-refractivity contribution is 6.07. The minimum Gasteiger partial charge on any atom is -0.481 e. The van der Waals surface area contributed by atoms with Crippen molar-refractivity contribution < 1.29 is 24.2 Å². The molecule has 6 aliphatic carbocycles. The first kappa shape index (κ1) is 38.0. The molecule has 1 aliphatic heterocycles. The van der Waals surface area contributed by atoms with Crippen LogP contribution in [-0.2, 0) is 19.1 Å². The van der Waals surface area contributed by atoms with Crippen LogP contribution < -0.4 is 11.1 Å². The second-order valence-corrected chi connectivity index (χ2v) is 19.7. The minimum absolute atomic E-state index is 0.00213.